The van der Waals surface area contributed by atoms with Gasteiger partial charge in [0.05, 0.1) is 54.0 Å². The molecular formula is C18H13N3O4. The fourth-order valence-electron chi connectivity index (χ4n) is 2.22. The van der Waals surface area contributed by atoms with Gasteiger partial charge in [-0.15, -0.1) is 0 Å². The summed E-state index contributed by atoms with van der Waals surface area (Å²) in [4.78, 5) is 10.8. The van der Waals surface area contributed by atoms with Gasteiger partial charge in [-0.3, -0.25) is 10.1 Å². The Bertz CT molecular complexity index is 919. The number of nitro groups is 1. The van der Waals surface area contributed by atoms with Crippen LogP contribution in [0.15, 0.2) is 36.4 Å². The normalized spacial score (nSPS) is 10.5. The van der Waals surface area contributed by atoms with E-state index in [1.165, 1.54) is 32.4 Å². The Kier molecular flexibility index (Phi) is 5.34. The van der Waals surface area contributed by atoms with E-state index in [-0.39, 0.29) is 22.6 Å². The summed E-state index contributed by atoms with van der Waals surface area (Å²) in [5.74, 6) is 0.541. The topological polar surface area (TPSA) is 109 Å². The van der Waals surface area contributed by atoms with Gasteiger partial charge in [0.15, 0.2) is 11.5 Å². The number of allylic oxidation sites excluding steroid dienone is 1. The number of benzene rings is 2. The van der Waals surface area contributed by atoms with Gasteiger partial charge in [-0.25, -0.2) is 0 Å². The third-order valence-electron chi connectivity index (χ3n) is 3.47. The molecule has 0 aliphatic heterocycles. The van der Waals surface area contributed by atoms with Crippen molar-refractivity contribution < 1.29 is 14.4 Å². The lowest BCUT2D eigenvalue weighted by Crippen LogP contribution is -1.97. The summed E-state index contributed by atoms with van der Waals surface area (Å²) in [6.45, 7) is 0. The maximum Gasteiger partial charge on any atom is 0.280 e. The summed E-state index contributed by atoms with van der Waals surface area (Å²) in [5.41, 5.74) is 1.23. The molecule has 0 saturated heterocycles. The van der Waals surface area contributed by atoms with Gasteiger partial charge in [-0.2, -0.15) is 10.5 Å². The molecule has 0 aliphatic rings. The molecule has 0 N–H and O–H groups in total. The highest BCUT2D eigenvalue weighted by molar-refractivity contribution is 5.91. The minimum atomic E-state index is -0.554. The number of methoxy groups -OCH3 is 2. The van der Waals surface area contributed by atoms with Crippen LogP contribution >= 0.6 is 0 Å². The van der Waals surface area contributed by atoms with Crippen LogP contribution < -0.4 is 9.47 Å². The van der Waals surface area contributed by atoms with Crippen molar-refractivity contribution in [1.82, 2.24) is 0 Å². The van der Waals surface area contributed by atoms with Gasteiger partial charge < -0.3 is 9.47 Å². The van der Waals surface area contributed by atoms with Crippen molar-refractivity contribution in [2.24, 2.45) is 0 Å². The van der Waals surface area contributed by atoms with Gasteiger partial charge in [0.1, 0.15) is 0 Å². The maximum absolute atomic E-state index is 11.3. The van der Waals surface area contributed by atoms with E-state index in [4.69, 9.17) is 14.7 Å². The van der Waals surface area contributed by atoms with Crippen LogP contribution in [0, 0.1) is 32.8 Å². The molecule has 0 heterocycles. The van der Waals surface area contributed by atoms with Crippen molar-refractivity contribution in [1.29, 1.82) is 10.5 Å². The van der Waals surface area contributed by atoms with Crippen LogP contribution in [0.25, 0.3) is 11.6 Å². The third kappa shape index (κ3) is 3.74. The van der Waals surface area contributed by atoms with Gasteiger partial charge in [-0.1, -0.05) is 12.1 Å². The molecule has 0 amide bonds. The first-order chi connectivity index (χ1) is 12.0. The number of nitro benzene ring substituents is 1. The van der Waals surface area contributed by atoms with Crippen LogP contribution in [0.5, 0.6) is 11.5 Å². The number of ether oxygens (including phenoxy) is 2. The van der Waals surface area contributed by atoms with Crippen molar-refractivity contribution >= 4 is 17.3 Å². The molecule has 7 heteroatoms. The van der Waals surface area contributed by atoms with Crippen LogP contribution in [-0.2, 0) is 0 Å². The number of rotatable bonds is 5. The zero-order valence-corrected chi connectivity index (χ0v) is 13.5. The average Bonchev–Trinajstić information content (AvgIpc) is 2.65. The summed E-state index contributed by atoms with van der Waals surface area (Å²) in [6, 6.07) is 13.1. The first kappa shape index (κ1) is 17.5. The molecule has 0 bridgehead atoms. The second kappa shape index (κ2) is 7.62. The lowest BCUT2D eigenvalue weighted by molar-refractivity contribution is -0.385. The van der Waals surface area contributed by atoms with E-state index in [0.29, 0.717) is 16.9 Å². The van der Waals surface area contributed by atoms with Gasteiger partial charge in [0, 0.05) is 0 Å². The van der Waals surface area contributed by atoms with Crippen LogP contribution in [-0.4, -0.2) is 19.1 Å². The first-order valence-electron chi connectivity index (χ1n) is 7.06. The van der Waals surface area contributed by atoms with E-state index < -0.39 is 4.92 Å². The molecule has 0 spiro atoms. The SMILES string of the molecule is COc1cc(/C=C(\C#N)c2ccc(C#N)cc2)c([N+](=O)[O-])cc1OC. The Morgan fingerprint density at radius 2 is 1.72 bits per heavy atom. The molecule has 25 heavy (non-hydrogen) atoms. The summed E-state index contributed by atoms with van der Waals surface area (Å²) in [6.07, 6.45) is 1.40. The predicted octanol–water partition coefficient (Wildman–Crippen LogP) is 3.55. The van der Waals surface area contributed by atoms with Gasteiger partial charge in [-0.05, 0) is 29.8 Å². The van der Waals surface area contributed by atoms with Crippen LogP contribution in [0.2, 0.25) is 0 Å². The standard InChI is InChI=1S/C18H13N3O4/c1-24-17-8-14(16(21(22)23)9-18(17)25-2)7-15(11-20)13-5-3-12(10-19)4-6-13/h3-9H,1-2H3/b15-7+. The number of nitrogens with zero attached hydrogens (tertiary/aromatic N) is 3. The minimum absolute atomic E-state index is 0.209. The highest BCUT2D eigenvalue weighted by atomic mass is 16.6. The predicted molar refractivity (Wildman–Crippen MR) is 90.8 cm³/mol. The molecule has 0 unspecified atom stereocenters. The quantitative estimate of drug-likeness (QED) is 0.358. The van der Waals surface area contributed by atoms with Crippen molar-refractivity contribution in [3.63, 3.8) is 0 Å². The Balaban J connectivity index is 2.61. The molecule has 2 aromatic carbocycles. The zero-order chi connectivity index (χ0) is 18.4. The highest BCUT2D eigenvalue weighted by Crippen LogP contribution is 2.36. The fraction of sp³-hybridized carbons (Fsp3) is 0.111. The molecule has 0 radical (unpaired) electrons. The van der Waals surface area contributed by atoms with E-state index >= 15 is 0 Å². The molecule has 0 fully saturated rings. The highest BCUT2D eigenvalue weighted by Gasteiger charge is 2.19. The fourth-order valence-corrected chi connectivity index (χ4v) is 2.22. The smallest absolute Gasteiger partial charge is 0.280 e. The molecule has 0 atom stereocenters. The Morgan fingerprint density at radius 3 is 2.20 bits per heavy atom. The molecule has 0 aromatic heterocycles. The van der Waals surface area contributed by atoms with E-state index in [2.05, 4.69) is 0 Å². The van der Waals surface area contributed by atoms with E-state index in [9.17, 15) is 15.4 Å². The second-order valence-electron chi connectivity index (χ2n) is 4.88. The third-order valence-corrected chi connectivity index (χ3v) is 3.47. The average molecular weight is 335 g/mol. The molecule has 7 nitrogen and oxygen atoms in total. The minimum Gasteiger partial charge on any atom is -0.493 e. The van der Waals surface area contributed by atoms with Gasteiger partial charge in [0.2, 0.25) is 0 Å². The molecule has 2 aromatic rings. The van der Waals surface area contributed by atoms with Crippen LogP contribution in [0.3, 0.4) is 0 Å². The van der Waals surface area contributed by atoms with E-state index in [1.54, 1.807) is 24.3 Å². The lowest BCUT2D eigenvalue weighted by Gasteiger charge is -2.09. The van der Waals surface area contributed by atoms with Crippen molar-refractivity contribution in [3.8, 4) is 23.6 Å². The summed E-state index contributed by atoms with van der Waals surface area (Å²) < 4.78 is 10.2. The first-order valence-corrected chi connectivity index (χ1v) is 7.06. The summed E-state index contributed by atoms with van der Waals surface area (Å²) in [7, 11) is 2.80. The summed E-state index contributed by atoms with van der Waals surface area (Å²) in [5, 5.41) is 29.6. The molecular weight excluding hydrogens is 322 g/mol. The van der Waals surface area contributed by atoms with Crippen molar-refractivity contribution in [3.05, 3.63) is 63.2 Å². The Hall–Kier alpha value is -3.84. The summed E-state index contributed by atoms with van der Waals surface area (Å²) >= 11 is 0. The van der Waals surface area contributed by atoms with Gasteiger partial charge in [0.25, 0.3) is 5.69 Å². The van der Waals surface area contributed by atoms with Crippen LogP contribution in [0.1, 0.15) is 16.7 Å². The lowest BCUT2D eigenvalue weighted by atomic mass is 10.0. The Morgan fingerprint density at radius 1 is 1.12 bits per heavy atom. The largest absolute Gasteiger partial charge is 0.493 e. The van der Waals surface area contributed by atoms with E-state index in [0.717, 1.165) is 0 Å². The molecule has 124 valence electrons. The molecule has 0 saturated carbocycles. The van der Waals surface area contributed by atoms with Crippen molar-refractivity contribution in [2.45, 2.75) is 0 Å². The van der Waals surface area contributed by atoms with E-state index in [1.807, 2.05) is 12.1 Å². The maximum atomic E-state index is 11.3. The van der Waals surface area contributed by atoms with Gasteiger partial charge >= 0.3 is 0 Å². The van der Waals surface area contributed by atoms with Crippen molar-refractivity contribution in [2.75, 3.05) is 14.2 Å². The van der Waals surface area contributed by atoms with Crippen LogP contribution in [0.4, 0.5) is 5.69 Å². The zero-order valence-electron chi connectivity index (χ0n) is 13.5. The monoisotopic (exact) mass is 335 g/mol. The Labute approximate surface area is 144 Å². The second-order valence-corrected chi connectivity index (χ2v) is 4.88. The number of hydrogen-bond acceptors (Lipinski definition) is 6. The number of nitriles is 2. The number of hydrogen-bond donors (Lipinski definition) is 0. The molecule has 2 rings (SSSR count). The molecule has 0 aliphatic carbocycles.